The average molecular weight is 365 g/mol. The van der Waals surface area contributed by atoms with Gasteiger partial charge in [-0.25, -0.2) is 0 Å². The highest BCUT2D eigenvalue weighted by molar-refractivity contribution is 5.36. The lowest BCUT2D eigenvalue weighted by Gasteiger charge is -2.11. The van der Waals surface area contributed by atoms with Gasteiger partial charge in [0.15, 0.2) is 0 Å². The Morgan fingerprint density at radius 1 is 0.852 bits per heavy atom. The summed E-state index contributed by atoms with van der Waals surface area (Å²) in [5.74, 6) is 1.56. The molecule has 0 amide bonds. The highest BCUT2D eigenvalue weighted by Crippen LogP contribution is 2.32. The van der Waals surface area contributed by atoms with Crippen LogP contribution in [-0.2, 0) is 25.7 Å². The number of benzene rings is 2. The second kappa shape index (κ2) is 9.64. The van der Waals surface area contributed by atoms with E-state index in [1.807, 2.05) is 6.07 Å². The van der Waals surface area contributed by atoms with Crippen LogP contribution in [0.1, 0.15) is 60.8 Å². The molecule has 0 spiro atoms. The number of aryl methyl sites for hydroxylation is 3. The summed E-state index contributed by atoms with van der Waals surface area (Å²) in [4.78, 5) is 0. The van der Waals surface area contributed by atoms with Gasteiger partial charge in [0.2, 0.25) is 0 Å². The van der Waals surface area contributed by atoms with Gasteiger partial charge in [-0.3, -0.25) is 0 Å². The Kier molecular flexibility index (Phi) is 6.98. The number of aliphatic hydroxyl groups excluding tert-OH is 1. The third-order valence-corrected chi connectivity index (χ3v) is 5.53. The molecule has 0 atom stereocenters. The summed E-state index contributed by atoms with van der Waals surface area (Å²) in [7, 11) is 0. The largest absolute Gasteiger partial charge is 0.513 e. The van der Waals surface area contributed by atoms with Gasteiger partial charge in [0, 0.05) is 6.42 Å². The summed E-state index contributed by atoms with van der Waals surface area (Å²) >= 11 is 0. The first-order chi connectivity index (χ1) is 13.1. The zero-order valence-electron chi connectivity index (χ0n) is 16.3. The molecule has 2 aromatic carbocycles. The van der Waals surface area contributed by atoms with Crippen molar-refractivity contribution < 1.29 is 10.2 Å². The van der Waals surface area contributed by atoms with E-state index >= 15 is 0 Å². The van der Waals surface area contributed by atoms with Crippen LogP contribution in [0.5, 0.6) is 5.75 Å². The monoisotopic (exact) mass is 364 g/mol. The minimum absolute atomic E-state index is 0.281. The maximum absolute atomic E-state index is 9.89. The molecule has 1 aliphatic carbocycles. The van der Waals surface area contributed by atoms with E-state index in [2.05, 4.69) is 36.9 Å². The van der Waals surface area contributed by atoms with Crippen LogP contribution >= 0.6 is 0 Å². The Balaban J connectivity index is 1.51. The number of allylic oxidation sites excluding steroid dienone is 1. The summed E-state index contributed by atoms with van der Waals surface area (Å²) in [6.45, 7) is 3.54. The Morgan fingerprint density at radius 2 is 1.59 bits per heavy atom. The number of phenols is 1. The lowest BCUT2D eigenvalue weighted by molar-refractivity contribution is 0.384. The average Bonchev–Trinajstić information content (AvgIpc) is 3.46. The minimum Gasteiger partial charge on any atom is -0.513 e. The number of unbranched alkanes of at least 4 members (excludes halogenated alkanes) is 2. The van der Waals surface area contributed by atoms with Gasteiger partial charge in [0.05, 0.1) is 5.76 Å². The SMILES string of the molecule is C=C(O)CCCCCc1ccc(O)cc1CCc1ccc(CC2CC2)cc1. The first-order valence-corrected chi connectivity index (χ1v) is 10.4. The Bertz CT molecular complexity index is 741. The molecular formula is C25H32O2. The van der Waals surface area contributed by atoms with Crippen molar-refractivity contribution in [3.8, 4) is 5.75 Å². The van der Waals surface area contributed by atoms with Crippen LogP contribution in [0.2, 0.25) is 0 Å². The summed E-state index contributed by atoms with van der Waals surface area (Å²) in [5.41, 5.74) is 5.42. The van der Waals surface area contributed by atoms with Crippen molar-refractivity contribution in [2.75, 3.05) is 0 Å². The third-order valence-electron chi connectivity index (χ3n) is 5.53. The number of aromatic hydroxyl groups is 1. The van der Waals surface area contributed by atoms with E-state index in [0.717, 1.165) is 44.4 Å². The van der Waals surface area contributed by atoms with E-state index in [1.165, 1.54) is 41.5 Å². The molecule has 2 nitrogen and oxygen atoms in total. The van der Waals surface area contributed by atoms with Gasteiger partial charge in [-0.1, -0.05) is 43.3 Å². The van der Waals surface area contributed by atoms with Crippen molar-refractivity contribution in [1.29, 1.82) is 0 Å². The van der Waals surface area contributed by atoms with E-state index in [-0.39, 0.29) is 5.76 Å². The summed E-state index contributed by atoms with van der Waals surface area (Å²) in [6.07, 6.45) is 10.9. The lowest BCUT2D eigenvalue weighted by atomic mass is 9.95. The molecule has 1 saturated carbocycles. The Labute approximate surface area is 163 Å². The fraction of sp³-hybridized carbons (Fsp3) is 0.440. The maximum Gasteiger partial charge on any atom is 0.115 e. The van der Waals surface area contributed by atoms with E-state index in [0.29, 0.717) is 12.2 Å². The van der Waals surface area contributed by atoms with E-state index < -0.39 is 0 Å². The van der Waals surface area contributed by atoms with Gasteiger partial charge in [-0.05, 0) is 91.7 Å². The molecule has 0 radical (unpaired) electrons. The maximum atomic E-state index is 9.89. The predicted molar refractivity (Wildman–Crippen MR) is 112 cm³/mol. The van der Waals surface area contributed by atoms with Crippen molar-refractivity contribution in [2.24, 2.45) is 5.92 Å². The molecule has 27 heavy (non-hydrogen) atoms. The molecule has 0 heterocycles. The molecule has 144 valence electrons. The first kappa shape index (κ1) is 19.5. The fourth-order valence-electron chi connectivity index (χ4n) is 3.69. The molecule has 0 aromatic heterocycles. The van der Waals surface area contributed by atoms with Crippen LogP contribution < -0.4 is 0 Å². The van der Waals surface area contributed by atoms with Gasteiger partial charge in [-0.2, -0.15) is 0 Å². The molecule has 0 saturated heterocycles. The number of hydrogen-bond acceptors (Lipinski definition) is 2. The van der Waals surface area contributed by atoms with E-state index in [4.69, 9.17) is 5.11 Å². The summed E-state index contributed by atoms with van der Waals surface area (Å²) < 4.78 is 0. The lowest BCUT2D eigenvalue weighted by Crippen LogP contribution is -1.98. The molecule has 2 N–H and O–H groups in total. The highest BCUT2D eigenvalue weighted by Gasteiger charge is 2.21. The Hall–Kier alpha value is -2.22. The van der Waals surface area contributed by atoms with Gasteiger partial charge in [0.25, 0.3) is 0 Å². The second-order valence-electron chi connectivity index (χ2n) is 8.04. The van der Waals surface area contributed by atoms with Crippen LogP contribution in [-0.4, -0.2) is 10.2 Å². The molecule has 2 aromatic rings. The van der Waals surface area contributed by atoms with Crippen LogP contribution in [0.15, 0.2) is 54.8 Å². The minimum atomic E-state index is 0.281. The molecule has 0 unspecified atom stereocenters. The second-order valence-corrected chi connectivity index (χ2v) is 8.04. The number of aliphatic hydroxyl groups is 1. The number of rotatable bonds is 11. The summed E-state index contributed by atoms with van der Waals surface area (Å²) in [5, 5.41) is 19.1. The van der Waals surface area contributed by atoms with Crippen molar-refractivity contribution in [3.63, 3.8) is 0 Å². The third kappa shape index (κ3) is 6.78. The van der Waals surface area contributed by atoms with Crippen molar-refractivity contribution in [2.45, 2.75) is 64.2 Å². The van der Waals surface area contributed by atoms with Gasteiger partial charge >= 0.3 is 0 Å². The highest BCUT2D eigenvalue weighted by atomic mass is 16.3. The van der Waals surface area contributed by atoms with E-state index in [1.54, 1.807) is 6.07 Å². The van der Waals surface area contributed by atoms with Crippen molar-refractivity contribution >= 4 is 0 Å². The van der Waals surface area contributed by atoms with Crippen LogP contribution in [0, 0.1) is 5.92 Å². The summed E-state index contributed by atoms with van der Waals surface area (Å²) in [6, 6.07) is 14.9. The zero-order chi connectivity index (χ0) is 19.1. The van der Waals surface area contributed by atoms with Crippen molar-refractivity contribution in [3.05, 3.63) is 77.1 Å². The van der Waals surface area contributed by atoms with E-state index in [9.17, 15) is 5.11 Å². The van der Waals surface area contributed by atoms with Crippen molar-refractivity contribution in [1.82, 2.24) is 0 Å². The molecule has 2 heteroatoms. The fourth-order valence-corrected chi connectivity index (χ4v) is 3.69. The normalized spacial score (nSPS) is 13.6. The molecule has 1 fully saturated rings. The number of hydrogen-bond donors (Lipinski definition) is 2. The van der Waals surface area contributed by atoms with Gasteiger partial charge < -0.3 is 10.2 Å². The van der Waals surface area contributed by atoms with Gasteiger partial charge in [-0.15, -0.1) is 0 Å². The quantitative estimate of drug-likeness (QED) is 0.362. The zero-order valence-corrected chi connectivity index (χ0v) is 16.3. The molecular weight excluding hydrogens is 332 g/mol. The van der Waals surface area contributed by atoms with Crippen LogP contribution in [0.4, 0.5) is 0 Å². The molecule has 3 rings (SSSR count). The van der Waals surface area contributed by atoms with Crippen LogP contribution in [0.3, 0.4) is 0 Å². The Morgan fingerprint density at radius 3 is 2.30 bits per heavy atom. The molecule has 0 bridgehead atoms. The molecule has 0 aliphatic heterocycles. The van der Waals surface area contributed by atoms with Gasteiger partial charge in [0.1, 0.15) is 5.75 Å². The first-order valence-electron chi connectivity index (χ1n) is 10.4. The standard InChI is InChI=1S/C25H32O2/c1-19(26)5-3-2-4-6-23-15-16-25(27)18-24(23)14-13-20-7-9-21(10-8-20)17-22-11-12-22/h7-10,15-16,18,22,26-27H,1-6,11-14,17H2. The predicted octanol–water partition coefficient (Wildman–Crippen LogP) is 6.30. The number of phenolic OH excluding ortho intramolecular Hbond substituents is 1. The molecule has 1 aliphatic rings. The topological polar surface area (TPSA) is 40.5 Å². The smallest absolute Gasteiger partial charge is 0.115 e. The van der Waals surface area contributed by atoms with Crippen LogP contribution in [0.25, 0.3) is 0 Å².